The van der Waals surface area contributed by atoms with E-state index in [-0.39, 0.29) is 11.4 Å². The Kier molecular flexibility index (Phi) is 4.12. The summed E-state index contributed by atoms with van der Waals surface area (Å²) in [5.41, 5.74) is 0.596. The highest BCUT2D eigenvalue weighted by Crippen LogP contribution is 2.32. The number of methoxy groups -OCH3 is 1. The Labute approximate surface area is 99.5 Å². The summed E-state index contributed by atoms with van der Waals surface area (Å²) in [6, 6.07) is 1.41. The van der Waals surface area contributed by atoms with Crippen LogP contribution in [0.1, 0.15) is 5.56 Å². The van der Waals surface area contributed by atoms with Crippen molar-refractivity contribution in [2.75, 3.05) is 7.11 Å². The van der Waals surface area contributed by atoms with Gasteiger partial charge in [0.1, 0.15) is 12.0 Å². The van der Waals surface area contributed by atoms with Crippen molar-refractivity contribution < 1.29 is 13.9 Å². The lowest BCUT2D eigenvalue weighted by molar-refractivity contribution is -0.107. The van der Waals surface area contributed by atoms with Crippen molar-refractivity contribution in [2.24, 2.45) is 0 Å². The minimum absolute atomic E-state index is 0.00653. The number of rotatable bonds is 3. The second kappa shape index (κ2) is 4.93. The lowest BCUT2D eigenvalue weighted by atomic mass is 10.1. The van der Waals surface area contributed by atoms with E-state index in [4.69, 9.17) is 16.3 Å². The first kappa shape index (κ1) is 11.7. The maximum atomic E-state index is 13.3. The predicted molar refractivity (Wildman–Crippen MR) is 60.4 cm³/mol. The molecule has 14 heavy (non-hydrogen) atoms. The topological polar surface area (TPSA) is 26.3 Å². The lowest BCUT2D eigenvalue weighted by Crippen LogP contribution is -1.99. The number of carbonyl (C=O) groups excluding carboxylic acids is 1. The fourth-order valence-electron chi connectivity index (χ4n) is 1.09. The molecule has 1 aromatic carbocycles. The summed E-state index contributed by atoms with van der Waals surface area (Å²) in [7, 11) is 1.43. The van der Waals surface area contributed by atoms with Crippen molar-refractivity contribution in [3.8, 4) is 5.75 Å². The molecule has 0 saturated heterocycles. The molecule has 0 aromatic heterocycles. The SMILES string of the molecule is COc1c(CC=O)cc(Cl)c(F)c1I. The highest BCUT2D eigenvalue weighted by Gasteiger charge is 2.15. The van der Waals surface area contributed by atoms with Gasteiger partial charge >= 0.3 is 0 Å². The normalized spacial score (nSPS) is 10.0. The Hall–Kier alpha value is -0.360. The molecule has 0 bridgehead atoms. The van der Waals surface area contributed by atoms with Crippen LogP contribution in [0.3, 0.4) is 0 Å². The molecule has 0 amide bonds. The van der Waals surface area contributed by atoms with Gasteiger partial charge in [0.05, 0.1) is 15.7 Å². The largest absolute Gasteiger partial charge is 0.495 e. The molecule has 0 aliphatic rings. The molecule has 76 valence electrons. The average Bonchev–Trinajstić information content (AvgIpc) is 2.16. The first-order valence-corrected chi connectivity index (χ1v) is 5.21. The molecule has 0 aliphatic carbocycles. The summed E-state index contributed by atoms with van der Waals surface area (Å²) in [6.07, 6.45) is 0.890. The molecule has 1 aromatic rings. The predicted octanol–water partition coefficient (Wildman–Crippen LogP) is 2.83. The third-order valence-corrected chi connectivity index (χ3v) is 2.94. The fourth-order valence-corrected chi connectivity index (χ4v) is 2.33. The van der Waals surface area contributed by atoms with Crippen LogP contribution in [0.4, 0.5) is 4.39 Å². The van der Waals surface area contributed by atoms with Crippen LogP contribution in [0.2, 0.25) is 5.02 Å². The first-order chi connectivity index (χ1) is 6.61. The number of benzene rings is 1. The molecule has 0 heterocycles. The third kappa shape index (κ3) is 2.17. The van der Waals surface area contributed by atoms with Crippen molar-refractivity contribution in [3.05, 3.63) is 26.0 Å². The van der Waals surface area contributed by atoms with E-state index in [1.165, 1.54) is 13.2 Å². The van der Waals surface area contributed by atoms with Gasteiger partial charge in [0, 0.05) is 12.0 Å². The summed E-state index contributed by atoms with van der Waals surface area (Å²) >= 11 is 7.43. The standard InChI is InChI=1S/C9H7ClFIO2/c1-14-9-5(2-3-13)4-6(10)7(11)8(9)12/h3-4H,2H2,1H3. The smallest absolute Gasteiger partial charge is 0.158 e. The van der Waals surface area contributed by atoms with Gasteiger partial charge in [-0.1, -0.05) is 11.6 Å². The zero-order valence-corrected chi connectivity index (χ0v) is 10.2. The molecule has 0 N–H and O–H groups in total. The molecular formula is C9H7ClFIO2. The van der Waals surface area contributed by atoms with Gasteiger partial charge in [-0.2, -0.15) is 0 Å². The van der Waals surface area contributed by atoms with E-state index in [9.17, 15) is 9.18 Å². The van der Waals surface area contributed by atoms with Gasteiger partial charge in [-0.05, 0) is 28.7 Å². The molecule has 5 heteroatoms. The Morgan fingerprint density at radius 3 is 2.86 bits per heavy atom. The number of halogens is 3. The summed E-state index contributed by atoms with van der Waals surface area (Å²) in [4.78, 5) is 10.4. The monoisotopic (exact) mass is 328 g/mol. The number of hydrogen-bond donors (Lipinski definition) is 0. The van der Waals surface area contributed by atoms with Crippen molar-refractivity contribution >= 4 is 40.5 Å². The minimum atomic E-state index is -0.515. The zero-order chi connectivity index (χ0) is 10.7. The summed E-state index contributed by atoms with van der Waals surface area (Å²) < 4.78 is 18.6. The van der Waals surface area contributed by atoms with E-state index >= 15 is 0 Å². The van der Waals surface area contributed by atoms with Crippen LogP contribution in [0.5, 0.6) is 5.75 Å². The highest BCUT2D eigenvalue weighted by molar-refractivity contribution is 14.1. The minimum Gasteiger partial charge on any atom is -0.495 e. The summed E-state index contributed by atoms with van der Waals surface area (Å²) in [6.45, 7) is 0. The molecular weight excluding hydrogens is 321 g/mol. The molecule has 2 nitrogen and oxygen atoms in total. The Morgan fingerprint density at radius 2 is 2.36 bits per heavy atom. The molecule has 0 radical (unpaired) electrons. The van der Waals surface area contributed by atoms with E-state index in [1.807, 2.05) is 0 Å². The van der Waals surface area contributed by atoms with Gasteiger partial charge in [0.15, 0.2) is 5.82 Å². The molecule has 1 rings (SSSR count). The Bertz CT molecular complexity index is 368. The van der Waals surface area contributed by atoms with Crippen LogP contribution in [-0.4, -0.2) is 13.4 Å². The third-order valence-electron chi connectivity index (χ3n) is 1.70. The highest BCUT2D eigenvalue weighted by atomic mass is 127. The van der Waals surface area contributed by atoms with Crippen LogP contribution in [0.15, 0.2) is 6.07 Å². The van der Waals surface area contributed by atoms with Crippen molar-refractivity contribution in [1.29, 1.82) is 0 Å². The van der Waals surface area contributed by atoms with Crippen LogP contribution in [0.25, 0.3) is 0 Å². The Balaban J connectivity index is 3.35. The van der Waals surface area contributed by atoms with Crippen LogP contribution in [-0.2, 0) is 11.2 Å². The quantitative estimate of drug-likeness (QED) is 0.484. The first-order valence-electron chi connectivity index (χ1n) is 3.75. The van der Waals surface area contributed by atoms with E-state index in [2.05, 4.69) is 0 Å². The Morgan fingerprint density at radius 1 is 1.71 bits per heavy atom. The van der Waals surface area contributed by atoms with E-state index in [0.717, 1.165) is 6.29 Å². The van der Waals surface area contributed by atoms with E-state index < -0.39 is 5.82 Å². The second-order valence-electron chi connectivity index (χ2n) is 2.55. The van der Waals surface area contributed by atoms with E-state index in [0.29, 0.717) is 14.9 Å². The zero-order valence-electron chi connectivity index (χ0n) is 7.31. The molecule has 0 aliphatic heterocycles. The average molecular weight is 329 g/mol. The van der Waals surface area contributed by atoms with Crippen molar-refractivity contribution in [1.82, 2.24) is 0 Å². The summed E-state index contributed by atoms with van der Waals surface area (Å²) in [5, 5.41) is 0.00653. The molecule has 0 atom stereocenters. The van der Waals surface area contributed by atoms with Crippen LogP contribution < -0.4 is 4.74 Å². The number of ether oxygens (including phenoxy) is 1. The van der Waals surface area contributed by atoms with Gasteiger partial charge in [-0.25, -0.2) is 4.39 Å². The van der Waals surface area contributed by atoms with Gasteiger partial charge in [0.25, 0.3) is 0 Å². The van der Waals surface area contributed by atoms with Gasteiger partial charge in [-0.3, -0.25) is 0 Å². The fraction of sp³-hybridized carbons (Fsp3) is 0.222. The number of carbonyl (C=O) groups is 1. The number of hydrogen-bond acceptors (Lipinski definition) is 2. The van der Waals surface area contributed by atoms with Gasteiger partial charge in [0.2, 0.25) is 0 Å². The lowest BCUT2D eigenvalue weighted by Gasteiger charge is -2.10. The second-order valence-corrected chi connectivity index (χ2v) is 4.04. The molecule has 0 fully saturated rings. The van der Waals surface area contributed by atoms with Crippen LogP contribution >= 0.6 is 34.2 Å². The summed E-state index contributed by atoms with van der Waals surface area (Å²) in [5.74, 6) is -0.140. The van der Waals surface area contributed by atoms with Crippen molar-refractivity contribution in [2.45, 2.75) is 6.42 Å². The number of aldehydes is 1. The van der Waals surface area contributed by atoms with Crippen molar-refractivity contribution in [3.63, 3.8) is 0 Å². The van der Waals surface area contributed by atoms with Gasteiger partial charge in [-0.15, -0.1) is 0 Å². The molecule has 0 saturated carbocycles. The maximum absolute atomic E-state index is 13.3. The molecule has 0 unspecified atom stereocenters. The maximum Gasteiger partial charge on any atom is 0.158 e. The van der Waals surface area contributed by atoms with Crippen LogP contribution in [0, 0.1) is 9.39 Å². The van der Waals surface area contributed by atoms with E-state index in [1.54, 1.807) is 22.6 Å². The molecule has 0 spiro atoms. The van der Waals surface area contributed by atoms with Gasteiger partial charge < -0.3 is 9.53 Å².